The SMILES string of the molecule is COc1cc(C=C(C#N)C(=O)Nc2ccc(C)cc2C)ccc1OCc1ccc(C(=O)O)cc1. The number of aryl methyl sites for hydroxylation is 2. The minimum Gasteiger partial charge on any atom is -0.493 e. The van der Waals surface area contributed by atoms with Crippen molar-refractivity contribution >= 4 is 23.6 Å². The standard InChI is InChI=1S/C27H24N2O5/c1-17-4-10-23(18(2)12-17)29-26(30)22(15-28)13-20-7-11-24(25(14-20)33-3)34-16-19-5-8-21(9-6-19)27(31)32/h4-14H,16H2,1-3H3,(H,29,30)(H,31,32). The first kappa shape index (κ1) is 24.1. The quantitative estimate of drug-likeness (QED) is 0.359. The van der Waals surface area contributed by atoms with Crippen LogP contribution in [0.1, 0.15) is 32.6 Å². The Kier molecular flexibility index (Phi) is 7.67. The predicted octanol–water partition coefficient (Wildman–Crippen LogP) is 5.13. The predicted molar refractivity (Wildman–Crippen MR) is 129 cm³/mol. The molecule has 0 radical (unpaired) electrons. The van der Waals surface area contributed by atoms with Gasteiger partial charge in [-0.3, -0.25) is 4.79 Å². The van der Waals surface area contributed by atoms with Crippen molar-refractivity contribution in [1.82, 2.24) is 0 Å². The number of benzene rings is 3. The van der Waals surface area contributed by atoms with Crippen molar-refractivity contribution in [3.63, 3.8) is 0 Å². The second kappa shape index (κ2) is 10.8. The lowest BCUT2D eigenvalue weighted by Gasteiger charge is -2.12. The molecule has 0 unspecified atom stereocenters. The Morgan fingerprint density at radius 1 is 1.03 bits per heavy atom. The average molecular weight is 456 g/mol. The van der Waals surface area contributed by atoms with Crippen LogP contribution in [0.2, 0.25) is 0 Å². The van der Waals surface area contributed by atoms with Gasteiger partial charge in [0.2, 0.25) is 0 Å². The number of rotatable bonds is 8. The summed E-state index contributed by atoms with van der Waals surface area (Å²) in [5, 5.41) is 21.3. The van der Waals surface area contributed by atoms with E-state index in [4.69, 9.17) is 14.6 Å². The number of hydrogen-bond donors (Lipinski definition) is 2. The van der Waals surface area contributed by atoms with Crippen molar-refractivity contribution in [1.29, 1.82) is 5.26 Å². The van der Waals surface area contributed by atoms with Gasteiger partial charge in [-0.2, -0.15) is 5.26 Å². The van der Waals surface area contributed by atoms with Crippen LogP contribution >= 0.6 is 0 Å². The molecule has 172 valence electrons. The molecule has 0 aliphatic heterocycles. The summed E-state index contributed by atoms with van der Waals surface area (Å²) in [6, 6.07) is 19.1. The summed E-state index contributed by atoms with van der Waals surface area (Å²) in [6.45, 7) is 4.07. The van der Waals surface area contributed by atoms with E-state index in [9.17, 15) is 14.9 Å². The van der Waals surface area contributed by atoms with Gasteiger partial charge in [0.05, 0.1) is 12.7 Å². The smallest absolute Gasteiger partial charge is 0.335 e. The molecular formula is C27H24N2O5. The summed E-state index contributed by atoms with van der Waals surface area (Å²) in [4.78, 5) is 23.6. The zero-order chi connectivity index (χ0) is 24.7. The van der Waals surface area contributed by atoms with Crippen LogP contribution in [0.4, 0.5) is 5.69 Å². The lowest BCUT2D eigenvalue weighted by molar-refractivity contribution is -0.112. The van der Waals surface area contributed by atoms with E-state index >= 15 is 0 Å². The summed E-state index contributed by atoms with van der Waals surface area (Å²) in [5.74, 6) is -0.584. The molecule has 1 amide bonds. The fourth-order valence-corrected chi connectivity index (χ4v) is 3.26. The number of carboxylic acids is 1. The van der Waals surface area contributed by atoms with Crippen LogP contribution in [-0.4, -0.2) is 24.1 Å². The molecule has 0 aliphatic rings. The maximum atomic E-state index is 12.6. The van der Waals surface area contributed by atoms with E-state index in [0.29, 0.717) is 22.7 Å². The lowest BCUT2D eigenvalue weighted by atomic mass is 10.1. The molecule has 0 bridgehead atoms. The molecule has 0 aliphatic carbocycles. The number of carbonyl (C=O) groups excluding carboxylic acids is 1. The van der Waals surface area contributed by atoms with Crippen molar-refractivity contribution in [3.05, 3.63) is 94.1 Å². The van der Waals surface area contributed by atoms with Gasteiger partial charge < -0.3 is 19.9 Å². The number of hydrogen-bond acceptors (Lipinski definition) is 5. The molecule has 34 heavy (non-hydrogen) atoms. The van der Waals surface area contributed by atoms with Crippen molar-refractivity contribution in [3.8, 4) is 17.6 Å². The van der Waals surface area contributed by atoms with Crippen LogP contribution in [0.5, 0.6) is 11.5 Å². The van der Waals surface area contributed by atoms with Gasteiger partial charge in [0.15, 0.2) is 11.5 Å². The molecule has 0 atom stereocenters. The first-order valence-corrected chi connectivity index (χ1v) is 10.4. The van der Waals surface area contributed by atoms with Crippen molar-refractivity contribution in [2.75, 3.05) is 12.4 Å². The normalized spacial score (nSPS) is 10.8. The molecule has 3 rings (SSSR count). The molecule has 7 nitrogen and oxygen atoms in total. The topological polar surface area (TPSA) is 109 Å². The highest BCUT2D eigenvalue weighted by atomic mass is 16.5. The van der Waals surface area contributed by atoms with Gasteiger partial charge in [0.1, 0.15) is 18.2 Å². The zero-order valence-electron chi connectivity index (χ0n) is 19.1. The van der Waals surface area contributed by atoms with Crippen molar-refractivity contribution in [2.45, 2.75) is 20.5 Å². The third-order valence-corrected chi connectivity index (χ3v) is 5.09. The number of ether oxygens (including phenoxy) is 2. The van der Waals surface area contributed by atoms with Gasteiger partial charge in [-0.05, 0) is 66.9 Å². The molecule has 0 fully saturated rings. The van der Waals surface area contributed by atoms with E-state index in [2.05, 4.69) is 5.32 Å². The second-order valence-electron chi connectivity index (χ2n) is 7.64. The van der Waals surface area contributed by atoms with Crippen LogP contribution in [-0.2, 0) is 11.4 Å². The van der Waals surface area contributed by atoms with Gasteiger partial charge in [0, 0.05) is 5.69 Å². The van der Waals surface area contributed by atoms with Gasteiger partial charge in [-0.15, -0.1) is 0 Å². The summed E-state index contributed by atoms with van der Waals surface area (Å²) >= 11 is 0. The first-order chi connectivity index (χ1) is 16.3. The Morgan fingerprint density at radius 3 is 2.38 bits per heavy atom. The van der Waals surface area contributed by atoms with Crippen LogP contribution in [0.15, 0.2) is 66.2 Å². The molecule has 0 heterocycles. The van der Waals surface area contributed by atoms with E-state index in [1.54, 1.807) is 30.3 Å². The largest absolute Gasteiger partial charge is 0.493 e. The number of aromatic carboxylic acids is 1. The number of nitrogens with one attached hydrogen (secondary N) is 1. The molecule has 3 aromatic carbocycles. The fourth-order valence-electron chi connectivity index (χ4n) is 3.26. The Balaban J connectivity index is 1.74. The third-order valence-electron chi connectivity index (χ3n) is 5.09. The molecular weight excluding hydrogens is 432 g/mol. The number of nitriles is 1. The number of carboxylic acid groups (broad SMARTS) is 1. The minimum absolute atomic E-state index is 0.0470. The van der Waals surface area contributed by atoms with E-state index in [1.165, 1.54) is 25.3 Å². The Bertz CT molecular complexity index is 1290. The Morgan fingerprint density at radius 2 is 1.76 bits per heavy atom. The number of nitrogens with zero attached hydrogens (tertiary/aromatic N) is 1. The number of amides is 1. The highest BCUT2D eigenvalue weighted by molar-refractivity contribution is 6.10. The zero-order valence-corrected chi connectivity index (χ0v) is 19.1. The van der Waals surface area contributed by atoms with Crippen LogP contribution in [0.3, 0.4) is 0 Å². The summed E-state index contributed by atoms with van der Waals surface area (Å²) in [7, 11) is 1.50. The van der Waals surface area contributed by atoms with E-state index in [1.807, 2.05) is 38.1 Å². The maximum absolute atomic E-state index is 12.6. The Hall–Kier alpha value is -4.57. The molecule has 0 aromatic heterocycles. The van der Waals surface area contributed by atoms with Crippen LogP contribution < -0.4 is 14.8 Å². The van der Waals surface area contributed by atoms with Crippen molar-refractivity contribution < 1.29 is 24.2 Å². The maximum Gasteiger partial charge on any atom is 0.335 e. The summed E-state index contributed by atoms with van der Waals surface area (Å²) < 4.78 is 11.2. The molecule has 0 spiro atoms. The molecule has 7 heteroatoms. The minimum atomic E-state index is -0.989. The summed E-state index contributed by atoms with van der Waals surface area (Å²) in [5.41, 5.74) is 4.19. The second-order valence-corrected chi connectivity index (χ2v) is 7.64. The van der Waals surface area contributed by atoms with E-state index in [-0.39, 0.29) is 17.7 Å². The molecule has 3 aromatic rings. The fraction of sp³-hybridized carbons (Fsp3) is 0.148. The van der Waals surface area contributed by atoms with Gasteiger partial charge in [-0.25, -0.2) is 4.79 Å². The molecule has 0 saturated heterocycles. The third kappa shape index (κ3) is 6.02. The number of anilines is 1. The van der Waals surface area contributed by atoms with Crippen LogP contribution in [0.25, 0.3) is 6.08 Å². The highest BCUT2D eigenvalue weighted by Gasteiger charge is 2.13. The van der Waals surface area contributed by atoms with Crippen molar-refractivity contribution in [2.24, 2.45) is 0 Å². The average Bonchev–Trinajstić information content (AvgIpc) is 2.83. The number of methoxy groups -OCH3 is 1. The first-order valence-electron chi connectivity index (χ1n) is 10.4. The number of carbonyl (C=O) groups is 2. The van der Waals surface area contributed by atoms with Gasteiger partial charge in [-0.1, -0.05) is 35.9 Å². The monoisotopic (exact) mass is 456 g/mol. The van der Waals surface area contributed by atoms with Gasteiger partial charge >= 0.3 is 5.97 Å². The molecule has 2 N–H and O–H groups in total. The van der Waals surface area contributed by atoms with E-state index < -0.39 is 11.9 Å². The van der Waals surface area contributed by atoms with Crippen LogP contribution in [0, 0.1) is 25.2 Å². The highest BCUT2D eigenvalue weighted by Crippen LogP contribution is 2.30. The summed E-state index contributed by atoms with van der Waals surface area (Å²) in [6.07, 6.45) is 1.48. The molecule has 0 saturated carbocycles. The lowest BCUT2D eigenvalue weighted by Crippen LogP contribution is -2.14. The van der Waals surface area contributed by atoms with Gasteiger partial charge in [0.25, 0.3) is 5.91 Å². The van der Waals surface area contributed by atoms with E-state index in [0.717, 1.165) is 16.7 Å². The Labute approximate surface area is 197 Å².